The molecule has 0 aliphatic heterocycles. The van der Waals surface area contributed by atoms with Crippen LogP contribution in [0.15, 0.2) is 0 Å². The van der Waals surface area contributed by atoms with Gasteiger partial charge in [-0.2, -0.15) is 5.26 Å². The number of hydrogen-bond donors (Lipinski definition) is 0. The molecule has 0 unspecified atom stereocenters. The van der Waals surface area contributed by atoms with Gasteiger partial charge in [-0.15, -0.1) is 0 Å². The average Bonchev–Trinajstić information content (AvgIpc) is 2.98. The van der Waals surface area contributed by atoms with Gasteiger partial charge in [0.05, 0.1) is 11.5 Å². The largest absolute Gasteiger partial charge is 0.303 e. The summed E-state index contributed by atoms with van der Waals surface area (Å²) in [5.41, 5.74) is 0.0954. The number of rotatable bonds is 6. The molecule has 0 radical (unpaired) electrons. The summed E-state index contributed by atoms with van der Waals surface area (Å²) in [6, 6.07) is 3.41. The third-order valence-corrected chi connectivity index (χ3v) is 4.13. The van der Waals surface area contributed by atoms with Gasteiger partial charge in [0.25, 0.3) is 0 Å². The fraction of sp³-hybridized carbons (Fsp3) is 0.923. The van der Waals surface area contributed by atoms with E-state index < -0.39 is 0 Å². The van der Waals surface area contributed by atoms with Gasteiger partial charge in [0.1, 0.15) is 0 Å². The summed E-state index contributed by atoms with van der Waals surface area (Å²) in [6.07, 6.45) is 10.0. The minimum absolute atomic E-state index is 0.0954. The maximum Gasteiger partial charge on any atom is 0.0689 e. The Kier molecular flexibility index (Phi) is 3.31. The van der Waals surface area contributed by atoms with Crippen molar-refractivity contribution >= 4 is 0 Å². The van der Waals surface area contributed by atoms with Crippen molar-refractivity contribution in [3.05, 3.63) is 0 Å². The molecule has 84 valence electrons. The Labute approximate surface area is 93.3 Å². The molecule has 15 heavy (non-hydrogen) atoms. The Balaban J connectivity index is 1.56. The highest BCUT2D eigenvalue weighted by Crippen LogP contribution is 2.44. The van der Waals surface area contributed by atoms with Crippen molar-refractivity contribution in [2.75, 3.05) is 13.6 Å². The van der Waals surface area contributed by atoms with Crippen LogP contribution < -0.4 is 0 Å². The van der Waals surface area contributed by atoms with Crippen molar-refractivity contribution in [3.8, 4) is 6.07 Å². The van der Waals surface area contributed by atoms with Gasteiger partial charge in [-0.25, -0.2) is 0 Å². The zero-order chi connectivity index (χ0) is 10.7. The molecule has 0 aromatic heterocycles. The molecular weight excluding hydrogens is 184 g/mol. The van der Waals surface area contributed by atoms with Crippen LogP contribution in [0.3, 0.4) is 0 Å². The molecule has 0 amide bonds. The first-order valence-corrected chi connectivity index (χ1v) is 6.37. The van der Waals surface area contributed by atoms with Crippen LogP contribution in [0.1, 0.15) is 51.4 Å². The van der Waals surface area contributed by atoms with Crippen LogP contribution in [0.25, 0.3) is 0 Å². The van der Waals surface area contributed by atoms with Crippen LogP contribution in [0, 0.1) is 16.7 Å². The first kappa shape index (κ1) is 11.0. The molecule has 2 aliphatic carbocycles. The Hall–Kier alpha value is -0.550. The summed E-state index contributed by atoms with van der Waals surface area (Å²) in [4.78, 5) is 2.49. The molecule has 0 saturated heterocycles. The van der Waals surface area contributed by atoms with Gasteiger partial charge in [0.15, 0.2) is 0 Å². The van der Waals surface area contributed by atoms with E-state index in [0.29, 0.717) is 0 Å². The van der Waals surface area contributed by atoms with Crippen LogP contribution in [0.4, 0.5) is 0 Å². The van der Waals surface area contributed by atoms with Crippen molar-refractivity contribution in [3.63, 3.8) is 0 Å². The molecular formula is C13H22N2. The summed E-state index contributed by atoms with van der Waals surface area (Å²) in [5, 5.41) is 9.08. The topological polar surface area (TPSA) is 27.0 Å². The molecule has 0 N–H and O–H groups in total. The van der Waals surface area contributed by atoms with Crippen molar-refractivity contribution < 1.29 is 0 Å². The van der Waals surface area contributed by atoms with E-state index in [1.165, 1.54) is 38.6 Å². The first-order valence-electron chi connectivity index (χ1n) is 6.37. The second-order valence-corrected chi connectivity index (χ2v) is 5.41. The van der Waals surface area contributed by atoms with E-state index in [1.54, 1.807) is 0 Å². The van der Waals surface area contributed by atoms with E-state index in [4.69, 9.17) is 5.26 Å². The highest BCUT2D eigenvalue weighted by Gasteiger charge is 2.36. The van der Waals surface area contributed by atoms with Crippen LogP contribution >= 0.6 is 0 Å². The lowest BCUT2D eigenvalue weighted by Gasteiger charge is -2.35. The predicted octanol–water partition coefficient (Wildman–Crippen LogP) is 2.94. The maximum absolute atomic E-state index is 9.08. The van der Waals surface area contributed by atoms with Crippen LogP contribution in [0.5, 0.6) is 0 Å². The third kappa shape index (κ3) is 2.72. The molecule has 2 rings (SSSR count). The summed E-state index contributed by atoms with van der Waals surface area (Å²) >= 11 is 0. The zero-order valence-electron chi connectivity index (χ0n) is 9.84. The van der Waals surface area contributed by atoms with Crippen LogP contribution in [-0.2, 0) is 0 Å². The highest BCUT2D eigenvalue weighted by molar-refractivity contribution is 5.04. The summed E-state index contributed by atoms with van der Waals surface area (Å²) in [6.45, 7) is 1.23. The molecule has 0 spiro atoms. The molecule has 0 aromatic rings. The number of nitrogens with zero attached hydrogens (tertiary/aromatic N) is 2. The van der Waals surface area contributed by atoms with E-state index in [1.807, 2.05) is 0 Å². The Morgan fingerprint density at radius 1 is 1.33 bits per heavy atom. The van der Waals surface area contributed by atoms with Gasteiger partial charge < -0.3 is 4.90 Å². The van der Waals surface area contributed by atoms with Gasteiger partial charge in [-0.3, -0.25) is 0 Å². The molecule has 0 bridgehead atoms. The standard InChI is InChI=1S/C13H22N2/c1-15(12-5-6-12)10-3-2-7-13(11-14)8-4-9-13/h12H,2-10H2,1H3. The quantitative estimate of drug-likeness (QED) is 0.625. The van der Waals surface area contributed by atoms with E-state index in [-0.39, 0.29) is 5.41 Å². The molecule has 2 fully saturated rings. The van der Waals surface area contributed by atoms with E-state index in [9.17, 15) is 0 Å². The monoisotopic (exact) mass is 206 g/mol. The maximum atomic E-state index is 9.08. The molecule has 0 heterocycles. The van der Waals surface area contributed by atoms with Crippen molar-refractivity contribution in [2.24, 2.45) is 5.41 Å². The Morgan fingerprint density at radius 2 is 2.07 bits per heavy atom. The summed E-state index contributed by atoms with van der Waals surface area (Å²) in [7, 11) is 2.24. The average molecular weight is 206 g/mol. The van der Waals surface area contributed by atoms with Gasteiger partial charge in [-0.1, -0.05) is 12.8 Å². The normalized spacial score (nSPS) is 23.5. The second kappa shape index (κ2) is 4.53. The summed E-state index contributed by atoms with van der Waals surface area (Å²) in [5.74, 6) is 0. The minimum atomic E-state index is 0.0954. The first-order chi connectivity index (χ1) is 7.26. The van der Waals surface area contributed by atoms with E-state index in [0.717, 1.165) is 25.3 Å². The van der Waals surface area contributed by atoms with Gasteiger partial charge in [0, 0.05) is 6.04 Å². The lowest BCUT2D eigenvalue weighted by atomic mass is 9.67. The smallest absolute Gasteiger partial charge is 0.0689 e. The minimum Gasteiger partial charge on any atom is -0.303 e. The fourth-order valence-electron chi connectivity index (χ4n) is 2.54. The van der Waals surface area contributed by atoms with Crippen molar-refractivity contribution in [1.82, 2.24) is 4.90 Å². The SMILES string of the molecule is CN(CCCCC1(C#N)CCC1)C1CC1. The molecule has 2 saturated carbocycles. The van der Waals surface area contributed by atoms with E-state index in [2.05, 4.69) is 18.0 Å². The number of unbranched alkanes of at least 4 members (excludes halogenated alkanes) is 1. The summed E-state index contributed by atoms with van der Waals surface area (Å²) < 4.78 is 0. The lowest BCUT2D eigenvalue weighted by Crippen LogP contribution is -2.28. The van der Waals surface area contributed by atoms with Crippen molar-refractivity contribution in [1.29, 1.82) is 5.26 Å². The van der Waals surface area contributed by atoms with Crippen LogP contribution in [0.2, 0.25) is 0 Å². The molecule has 2 heteroatoms. The van der Waals surface area contributed by atoms with Crippen molar-refractivity contribution in [2.45, 2.75) is 57.4 Å². The zero-order valence-corrected chi connectivity index (χ0v) is 9.84. The Bertz CT molecular complexity index is 246. The molecule has 0 atom stereocenters. The fourth-order valence-corrected chi connectivity index (χ4v) is 2.54. The Morgan fingerprint density at radius 3 is 2.53 bits per heavy atom. The molecule has 2 nitrogen and oxygen atoms in total. The second-order valence-electron chi connectivity index (χ2n) is 5.41. The highest BCUT2D eigenvalue weighted by atomic mass is 15.1. The number of nitriles is 1. The predicted molar refractivity (Wildman–Crippen MR) is 61.4 cm³/mol. The van der Waals surface area contributed by atoms with Gasteiger partial charge >= 0.3 is 0 Å². The lowest BCUT2D eigenvalue weighted by molar-refractivity contribution is 0.187. The molecule has 0 aromatic carbocycles. The number of hydrogen-bond acceptors (Lipinski definition) is 2. The van der Waals surface area contributed by atoms with Gasteiger partial charge in [-0.05, 0) is 52.1 Å². The van der Waals surface area contributed by atoms with Gasteiger partial charge in [0.2, 0.25) is 0 Å². The van der Waals surface area contributed by atoms with Crippen LogP contribution in [-0.4, -0.2) is 24.5 Å². The van der Waals surface area contributed by atoms with E-state index >= 15 is 0 Å². The third-order valence-electron chi connectivity index (χ3n) is 4.13. The molecule has 2 aliphatic rings.